The number of nitrogens with one attached hydrogen (secondary N) is 1. The van der Waals surface area contributed by atoms with Gasteiger partial charge in [0.05, 0.1) is 18.2 Å². The van der Waals surface area contributed by atoms with Crippen LogP contribution in [0.25, 0.3) is 0 Å². The lowest BCUT2D eigenvalue weighted by atomic mass is 10.3. The molecule has 19 heavy (non-hydrogen) atoms. The maximum atomic E-state index is 10.7. The molecule has 2 aromatic rings. The van der Waals surface area contributed by atoms with E-state index in [-0.39, 0.29) is 11.6 Å². The molecule has 1 unspecified atom stereocenters. The van der Waals surface area contributed by atoms with Crippen molar-refractivity contribution in [2.75, 3.05) is 0 Å². The third-order valence-electron chi connectivity index (χ3n) is 2.77. The first kappa shape index (κ1) is 13.8. The summed E-state index contributed by atoms with van der Waals surface area (Å²) >= 11 is 1.69. The standard InChI is InChI=1S/C13H16N2O3S/c1-3-11-6-15-12(19-11)8(2)14-5-10-4-9(7-18-10)13(16)17/h4,6-8,14H,3,5H2,1-2H3,(H,16,17). The topological polar surface area (TPSA) is 75.4 Å². The first-order valence-corrected chi connectivity index (χ1v) is 6.90. The quantitative estimate of drug-likeness (QED) is 0.851. The number of thiazole rings is 1. The van der Waals surface area contributed by atoms with Crippen molar-refractivity contribution in [3.8, 4) is 0 Å². The fourth-order valence-corrected chi connectivity index (χ4v) is 2.50. The summed E-state index contributed by atoms with van der Waals surface area (Å²) in [6.07, 6.45) is 4.14. The van der Waals surface area contributed by atoms with Gasteiger partial charge in [-0.1, -0.05) is 6.92 Å². The fourth-order valence-electron chi connectivity index (χ4n) is 1.61. The summed E-state index contributed by atoms with van der Waals surface area (Å²) < 4.78 is 5.18. The first-order valence-electron chi connectivity index (χ1n) is 6.08. The molecule has 0 aromatic carbocycles. The van der Waals surface area contributed by atoms with Crippen LogP contribution in [0.2, 0.25) is 0 Å². The number of aromatic carboxylic acids is 1. The zero-order valence-electron chi connectivity index (χ0n) is 10.8. The predicted octanol–water partition coefficient (Wildman–Crippen LogP) is 2.85. The highest BCUT2D eigenvalue weighted by Gasteiger charge is 2.12. The van der Waals surface area contributed by atoms with E-state index < -0.39 is 5.97 Å². The van der Waals surface area contributed by atoms with E-state index in [1.165, 1.54) is 17.2 Å². The molecule has 2 aromatic heterocycles. The van der Waals surface area contributed by atoms with Crippen LogP contribution in [0.4, 0.5) is 0 Å². The van der Waals surface area contributed by atoms with Gasteiger partial charge >= 0.3 is 5.97 Å². The molecule has 0 aliphatic heterocycles. The summed E-state index contributed by atoms with van der Waals surface area (Å²) in [4.78, 5) is 16.3. The van der Waals surface area contributed by atoms with Gasteiger partial charge in [-0.2, -0.15) is 0 Å². The van der Waals surface area contributed by atoms with Gasteiger partial charge in [-0.3, -0.25) is 0 Å². The minimum Gasteiger partial charge on any atom is -0.478 e. The average molecular weight is 280 g/mol. The Morgan fingerprint density at radius 1 is 1.63 bits per heavy atom. The summed E-state index contributed by atoms with van der Waals surface area (Å²) in [6.45, 7) is 4.61. The van der Waals surface area contributed by atoms with Gasteiger partial charge in [-0.25, -0.2) is 9.78 Å². The number of hydrogen-bond acceptors (Lipinski definition) is 5. The summed E-state index contributed by atoms with van der Waals surface area (Å²) in [5.41, 5.74) is 0.173. The number of carbonyl (C=O) groups is 1. The molecule has 2 heterocycles. The number of rotatable bonds is 6. The minimum absolute atomic E-state index is 0.115. The first-order chi connectivity index (χ1) is 9.10. The van der Waals surface area contributed by atoms with Gasteiger partial charge in [-0.15, -0.1) is 11.3 Å². The third-order valence-corrected chi connectivity index (χ3v) is 4.10. The molecule has 0 aliphatic rings. The van der Waals surface area contributed by atoms with E-state index in [2.05, 4.69) is 17.2 Å². The average Bonchev–Trinajstić information content (AvgIpc) is 3.04. The van der Waals surface area contributed by atoms with Crippen molar-refractivity contribution in [2.45, 2.75) is 32.9 Å². The van der Waals surface area contributed by atoms with Gasteiger partial charge in [0, 0.05) is 11.1 Å². The fraction of sp³-hybridized carbons (Fsp3) is 0.385. The van der Waals surface area contributed by atoms with Crippen molar-refractivity contribution < 1.29 is 14.3 Å². The molecule has 0 saturated heterocycles. The molecule has 0 bridgehead atoms. The van der Waals surface area contributed by atoms with E-state index in [0.717, 1.165) is 11.4 Å². The maximum absolute atomic E-state index is 10.7. The summed E-state index contributed by atoms with van der Waals surface area (Å²) in [7, 11) is 0. The normalized spacial score (nSPS) is 12.5. The number of nitrogens with zero attached hydrogens (tertiary/aromatic N) is 1. The van der Waals surface area contributed by atoms with Crippen LogP contribution in [0.3, 0.4) is 0 Å². The molecule has 0 amide bonds. The Kier molecular flexibility index (Phi) is 4.34. The molecule has 0 aliphatic carbocycles. The second-order valence-corrected chi connectivity index (χ2v) is 5.37. The van der Waals surface area contributed by atoms with E-state index in [0.29, 0.717) is 12.3 Å². The molecule has 2 N–H and O–H groups in total. The number of carboxylic acids is 1. The van der Waals surface area contributed by atoms with Crippen LogP contribution >= 0.6 is 11.3 Å². The van der Waals surface area contributed by atoms with Crippen LogP contribution in [0, 0.1) is 0 Å². The van der Waals surface area contributed by atoms with Crippen molar-refractivity contribution in [3.05, 3.63) is 39.7 Å². The molecule has 0 saturated carbocycles. The van der Waals surface area contributed by atoms with Crippen LogP contribution in [0.1, 0.15) is 45.9 Å². The lowest BCUT2D eigenvalue weighted by molar-refractivity contribution is 0.0696. The maximum Gasteiger partial charge on any atom is 0.338 e. The molecular formula is C13H16N2O3S. The third kappa shape index (κ3) is 3.42. The lowest BCUT2D eigenvalue weighted by Gasteiger charge is -2.09. The van der Waals surface area contributed by atoms with Gasteiger partial charge in [0.2, 0.25) is 0 Å². The van der Waals surface area contributed by atoms with Gasteiger partial charge < -0.3 is 14.8 Å². The van der Waals surface area contributed by atoms with E-state index in [1.54, 1.807) is 11.3 Å². The predicted molar refractivity (Wildman–Crippen MR) is 72.4 cm³/mol. The number of carboxylic acid groups (broad SMARTS) is 1. The second-order valence-electron chi connectivity index (χ2n) is 4.23. The molecule has 0 radical (unpaired) electrons. The Bertz CT molecular complexity index is 562. The van der Waals surface area contributed by atoms with Gasteiger partial charge in [0.1, 0.15) is 17.0 Å². The van der Waals surface area contributed by atoms with Gasteiger partial charge in [0.15, 0.2) is 0 Å². The second kappa shape index (κ2) is 5.99. The molecule has 2 rings (SSSR count). The lowest BCUT2D eigenvalue weighted by Crippen LogP contribution is -2.17. The van der Waals surface area contributed by atoms with E-state index in [9.17, 15) is 4.79 Å². The van der Waals surface area contributed by atoms with Crippen molar-refractivity contribution in [1.82, 2.24) is 10.3 Å². The number of furan rings is 1. The number of aromatic nitrogens is 1. The molecule has 0 fully saturated rings. The highest BCUT2D eigenvalue weighted by atomic mass is 32.1. The van der Waals surface area contributed by atoms with Crippen molar-refractivity contribution in [3.63, 3.8) is 0 Å². The van der Waals surface area contributed by atoms with Gasteiger partial charge in [-0.05, 0) is 19.4 Å². The van der Waals surface area contributed by atoms with Crippen LogP contribution in [0.5, 0.6) is 0 Å². The Morgan fingerprint density at radius 3 is 3.00 bits per heavy atom. The largest absolute Gasteiger partial charge is 0.478 e. The van der Waals surface area contributed by atoms with Crippen molar-refractivity contribution >= 4 is 17.3 Å². The zero-order chi connectivity index (χ0) is 13.8. The summed E-state index contributed by atoms with van der Waals surface area (Å²) in [6, 6.07) is 1.64. The number of hydrogen-bond donors (Lipinski definition) is 2. The van der Waals surface area contributed by atoms with Crippen LogP contribution < -0.4 is 5.32 Å². The Labute approximate surface area is 115 Å². The molecule has 1 atom stereocenters. The Balaban J connectivity index is 1.92. The monoisotopic (exact) mass is 280 g/mol. The summed E-state index contributed by atoms with van der Waals surface area (Å²) in [5.74, 6) is -0.368. The molecule has 5 nitrogen and oxygen atoms in total. The van der Waals surface area contributed by atoms with E-state index in [1.807, 2.05) is 13.1 Å². The van der Waals surface area contributed by atoms with E-state index in [4.69, 9.17) is 9.52 Å². The Hall–Kier alpha value is -1.66. The Morgan fingerprint density at radius 2 is 2.42 bits per heavy atom. The highest BCUT2D eigenvalue weighted by Crippen LogP contribution is 2.20. The molecular weight excluding hydrogens is 264 g/mol. The van der Waals surface area contributed by atoms with Crippen molar-refractivity contribution in [1.29, 1.82) is 0 Å². The van der Waals surface area contributed by atoms with E-state index >= 15 is 0 Å². The minimum atomic E-state index is -0.976. The van der Waals surface area contributed by atoms with Gasteiger partial charge in [0.25, 0.3) is 0 Å². The molecule has 0 spiro atoms. The molecule has 102 valence electrons. The highest BCUT2D eigenvalue weighted by molar-refractivity contribution is 7.11. The number of aryl methyl sites for hydroxylation is 1. The summed E-state index contributed by atoms with van der Waals surface area (Å²) in [5, 5.41) is 13.1. The van der Waals surface area contributed by atoms with Crippen LogP contribution in [-0.4, -0.2) is 16.1 Å². The smallest absolute Gasteiger partial charge is 0.338 e. The molecule has 6 heteroatoms. The zero-order valence-corrected chi connectivity index (χ0v) is 11.7. The van der Waals surface area contributed by atoms with Crippen LogP contribution in [0.15, 0.2) is 22.9 Å². The van der Waals surface area contributed by atoms with Crippen molar-refractivity contribution in [2.24, 2.45) is 0 Å². The SMILES string of the molecule is CCc1cnc(C(C)NCc2cc(C(=O)O)co2)s1. The van der Waals surface area contributed by atoms with Crippen LogP contribution in [-0.2, 0) is 13.0 Å².